The second-order valence-electron chi connectivity index (χ2n) is 6.16. The number of fused-ring (bicyclic) bond motifs is 1. The molecule has 0 bridgehead atoms. The molecule has 0 aromatic heterocycles. The van der Waals surface area contributed by atoms with Gasteiger partial charge in [0.25, 0.3) is 0 Å². The molecule has 0 spiro atoms. The summed E-state index contributed by atoms with van der Waals surface area (Å²) in [5.74, 6) is 0. The highest BCUT2D eigenvalue weighted by Gasteiger charge is 2.24. The predicted molar refractivity (Wildman–Crippen MR) is 120 cm³/mol. The summed E-state index contributed by atoms with van der Waals surface area (Å²) in [7, 11) is -1.62. The standard InChI is InChI=1S/C24H21BO2/c1-5-16-12-11-15-20(17(16)6-2)23-18(7-3)19(8-4)24(25(26)27)22-14-10-9-13-21(22)23/h5-15,26-27H,1-4H2. The van der Waals surface area contributed by atoms with E-state index in [1.54, 1.807) is 18.2 Å². The van der Waals surface area contributed by atoms with E-state index in [-0.39, 0.29) is 0 Å². The maximum atomic E-state index is 10.0. The van der Waals surface area contributed by atoms with Gasteiger partial charge in [0.15, 0.2) is 0 Å². The minimum Gasteiger partial charge on any atom is -0.423 e. The molecule has 3 heteroatoms. The zero-order valence-corrected chi connectivity index (χ0v) is 15.2. The van der Waals surface area contributed by atoms with Gasteiger partial charge in [-0.15, -0.1) is 0 Å². The fraction of sp³-hybridized carbons (Fsp3) is 0. The van der Waals surface area contributed by atoms with Crippen molar-refractivity contribution in [2.75, 3.05) is 0 Å². The van der Waals surface area contributed by atoms with Crippen LogP contribution in [0.1, 0.15) is 22.3 Å². The Balaban J connectivity index is 2.61. The number of rotatable bonds is 6. The Kier molecular flexibility index (Phi) is 5.27. The summed E-state index contributed by atoms with van der Waals surface area (Å²) in [6.45, 7) is 15.7. The molecule has 0 unspecified atom stereocenters. The molecule has 3 rings (SSSR count). The van der Waals surface area contributed by atoms with E-state index in [2.05, 4.69) is 26.3 Å². The van der Waals surface area contributed by atoms with E-state index in [9.17, 15) is 10.0 Å². The van der Waals surface area contributed by atoms with Crippen molar-refractivity contribution in [3.05, 3.63) is 91.0 Å². The Labute approximate surface area is 160 Å². The molecule has 2 N–H and O–H groups in total. The molecule has 0 saturated heterocycles. The molecular weight excluding hydrogens is 331 g/mol. The van der Waals surface area contributed by atoms with Gasteiger partial charge in [0.1, 0.15) is 0 Å². The molecule has 0 saturated carbocycles. The third-order valence-corrected chi connectivity index (χ3v) is 4.84. The quantitative estimate of drug-likeness (QED) is 0.628. The SMILES string of the molecule is C=Cc1cccc(-c2c(C=C)c(C=C)c(B(O)O)c3ccccc23)c1C=C. The predicted octanol–water partition coefficient (Wildman–Crippen LogP) is 4.76. The Morgan fingerprint density at radius 2 is 1.30 bits per heavy atom. The molecule has 132 valence electrons. The van der Waals surface area contributed by atoms with Crippen molar-refractivity contribution in [1.29, 1.82) is 0 Å². The van der Waals surface area contributed by atoms with Crippen LogP contribution in [0.2, 0.25) is 0 Å². The van der Waals surface area contributed by atoms with E-state index in [0.717, 1.165) is 38.6 Å². The van der Waals surface area contributed by atoms with Crippen LogP contribution in [0.3, 0.4) is 0 Å². The molecule has 0 amide bonds. The molecule has 0 heterocycles. The van der Waals surface area contributed by atoms with Crippen LogP contribution in [-0.4, -0.2) is 17.2 Å². The van der Waals surface area contributed by atoms with Crippen LogP contribution in [0.4, 0.5) is 0 Å². The van der Waals surface area contributed by atoms with Gasteiger partial charge < -0.3 is 10.0 Å². The fourth-order valence-electron chi connectivity index (χ4n) is 3.71. The zero-order valence-electron chi connectivity index (χ0n) is 15.2. The van der Waals surface area contributed by atoms with Crippen molar-refractivity contribution in [3.63, 3.8) is 0 Å². The summed E-state index contributed by atoms with van der Waals surface area (Å²) < 4.78 is 0. The lowest BCUT2D eigenvalue weighted by Gasteiger charge is -2.21. The average Bonchev–Trinajstić information content (AvgIpc) is 2.70. The van der Waals surface area contributed by atoms with E-state index in [1.807, 2.05) is 48.5 Å². The van der Waals surface area contributed by atoms with Gasteiger partial charge in [-0.05, 0) is 49.6 Å². The number of hydrogen-bond acceptors (Lipinski definition) is 2. The van der Waals surface area contributed by atoms with Gasteiger partial charge in [-0.1, -0.05) is 93.1 Å². The third kappa shape index (κ3) is 2.97. The molecule has 3 aromatic rings. The van der Waals surface area contributed by atoms with E-state index in [1.165, 1.54) is 0 Å². The summed E-state index contributed by atoms with van der Waals surface area (Å²) in [6.07, 6.45) is 7.00. The van der Waals surface area contributed by atoms with E-state index >= 15 is 0 Å². The summed E-state index contributed by atoms with van der Waals surface area (Å²) in [5.41, 5.74) is 5.78. The lowest BCUT2D eigenvalue weighted by atomic mass is 9.70. The summed E-state index contributed by atoms with van der Waals surface area (Å²) in [6, 6.07) is 13.7. The number of hydrogen-bond donors (Lipinski definition) is 2. The minimum atomic E-state index is -1.62. The van der Waals surface area contributed by atoms with Crippen molar-refractivity contribution in [2.24, 2.45) is 0 Å². The van der Waals surface area contributed by atoms with Crippen molar-refractivity contribution < 1.29 is 10.0 Å². The van der Waals surface area contributed by atoms with Crippen molar-refractivity contribution >= 4 is 47.7 Å². The average molecular weight is 352 g/mol. The normalized spacial score (nSPS) is 10.4. The minimum absolute atomic E-state index is 0.430. The maximum Gasteiger partial charge on any atom is 0.489 e. The molecular formula is C24H21BO2. The molecule has 3 aromatic carbocycles. The highest BCUT2D eigenvalue weighted by molar-refractivity contribution is 6.63. The van der Waals surface area contributed by atoms with Gasteiger partial charge in [0, 0.05) is 0 Å². The number of benzene rings is 3. The first-order chi connectivity index (χ1) is 13.1. The second kappa shape index (κ2) is 7.62. The van der Waals surface area contributed by atoms with Crippen molar-refractivity contribution in [1.82, 2.24) is 0 Å². The Bertz CT molecular complexity index is 1080. The Hall–Kier alpha value is -3.14. The second-order valence-corrected chi connectivity index (χ2v) is 6.16. The molecule has 0 atom stereocenters. The monoisotopic (exact) mass is 352 g/mol. The Morgan fingerprint density at radius 1 is 0.667 bits per heavy atom. The topological polar surface area (TPSA) is 40.5 Å². The molecule has 0 aliphatic heterocycles. The van der Waals surface area contributed by atoms with Gasteiger partial charge in [-0.25, -0.2) is 0 Å². The molecule has 0 fully saturated rings. The molecule has 2 nitrogen and oxygen atoms in total. The van der Waals surface area contributed by atoms with Crippen LogP contribution in [0.5, 0.6) is 0 Å². The largest absolute Gasteiger partial charge is 0.489 e. The lowest BCUT2D eigenvalue weighted by molar-refractivity contribution is 0.426. The van der Waals surface area contributed by atoms with Crippen LogP contribution < -0.4 is 5.46 Å². The first-order valence-electron chi connectivity index (χ1n) is 8.66. The molecule has 0 radical (unpaired) electrons. The summed E-state index contributed by atoms with van der Waals surface area (Å²) >= 11 is 0. The first-order valence-corrected chi connectivity index (χ1v) is 8.66. The summed E-state index contributed by atoms with van der Waals surface area (Å²) in [4.78, 5) is 0. The molecule has 0 aliphatic rings. The van der Waals surface area contributed by atoms with E-state index < -0.39 is 7.12 Å². The van der Waals surface area contributed by atoms with Gasteiger partial charge >= 0.3 is 7.12 Å². The molecule has 0 aliphatic carbocycles. The van der Waals surface area contributed by atoms with E-state index in [4.69, 9.17) is 0 Å². The fourth-order valence-corrected chi connectivity index (χ4v) is 3.71. The Morgan fingerprint density at radius 3 is 1.85 bits per heavy atom. The third-order valence-electron chi connectivity index (χ3n) is 4.84. The van der Waals surface area contributed by atoms with Crippen LogP contribution >= 0.6 is 0 Å². The summed E-state index contributed by atoms with van der Waals surface area (Å²) in [5, 5.41) is 21.8. The van der Waals surface area contributed by atoms with E-state index in [0.29, 0.717) is 11.0 Å². The van der Waals surface area contributed by atoms with Crippen LogP contribution in [0.15, 0.2) is 68.8 Å². The smallest absolute Gasteiger partial charge is 0.423 e. The van der Waals surface area contributed by atoms with Crippen LogP contribution in [0, 0.1) is 0 Å². The first kappa shape index (κ1) is 18.6. The van der Waals surface area contributed by atoms with Crippen molar-refractivity contribution in [3.8, 4) is 11.1 Å². The van der Waals surface area contributed by atoms with Crippen LogP contribution in [-0.2, 0) is 0 Å². The highest BCUT2D eigenvalue weighted by Crippen LogP contribution is 2.38. The maximum absolute atomic E-state index is 10.0. The van der Waals surface area contributed by atoms with Gasteiger partial charge in [-0.2, -0.15) is 0 Å². The van der Waals surface area contributed by atoms with Gasteiger partial charge in [-0.3, -0.25) is 0 Å². The van der Waals surface area contributed by atoms with Crippen LogP contribution in [0.25, 0.3) is 46.2 Å². The zero-order chi connectivity index (χ0) is 19.6. The van der Waals surface area contributed by atoms with Crippen molar-refractivity contribution in [2.45, 2.75) is 0 Å². The lowest BCUT2D eigenvalue weighted by Crippen LogP contribution is -2.33. The highest BCUT2D eigenvalue weighted by atomic mass is 16.4. The van der Waals surface area contributed by atoms with Gasteiger partial charge in [0.2, 0.25) is 0 Å². The van der Waals surface area contributed by atoms with Gasteiger partial charge in [0.05, 0.1) is 0 Å². The molecule has 27 heavy (non-hydrogen) atoms.